The van der Waals surface area contributed by atoms with Gasteiger partial charge in [-0.15, -0.1) is 0 Å². The SMILES string of the molecule is NC(=O)CCC(=O)c1ccccc1SC(=O)NC1CCCC1. The van der Waals surface area contributed by atoms with Gasteiger partial charge in [-0.25, -0.2) is 0 Å². The van der Waals surface area contributed by atoms with E-state index in [1.807, 2.05) is 0 Å². The smallest absolute Gasteiger partial charge is 0.284 e. The van der Waals surface area contributed by atoms with Gasteiger partial charge in [-0.3, -0.25) is 14.4 Å². The molecule has 0 radical (unpaired) electrons. The summed E-state index contributed by atoms with van der Waals surface area (Å²) >= 11 is 1.03. The molecule has 0 aliphatic heterocycles. The van der Waals surface area contributed by atoms with Gasteiger partial charge in [-0.1, -0.05) is 31.0 Å². The fourth-order valence-electron chi connectivity index (χ4n) is 2.52. The number of nitrogens with two attached hydrogens (primary N) is 1. The molecule has 0 bridgehead atoms. The van der Waals surface area contributed by atoms with Gasteiger partial charge in [0.25, 0.3) is 5.24 Å². The molecular weight excluding hydrogens is 300 g/mol. The van der Waals surface area contributed by atoms with E-state index in [1.54, 1.807) is 24.3 Å². The van der Waals surface area contributed by atoms with Crippen LogP contribution in [0.2, 0.25) is 0 Å². The van der Waals surface area contributed by atoms with Gasteiger partial charge in [0, 0.05) is 29.3 Å². The van der Waals surface area contributed by atoms with Crippen LogP contribution < -0.4 is 11.1 Å². The fraction of sp³-hybridized carbons (Fsp3) is 0.438. The zero-order valence-corrected chi connectivity index (χ0v) is 13.2. The Bertz CT molecular complexity index is 568. The average molecular weight is 320 g/mol. The van der Waals surface area contributed by atoms with E-state index in [0.717, 1.165) is 37.4 Å². The van der Waals surface area contributed by atoms with Crippen molar-refractivity contribution in [2.75, 3.05) is 0 Å². The quantitative estimate of drug-likeness (QED) is 0.623. The van der Waals surface area contributed by atoms with Crippen molar-refractivity contribution in [1.29, 1.82) is 0 Å². The second-order valence-electron chi connectivity index (χ2n) is 5.40. The summed E-state index contributed by atoms with van der Waals surface area (Å²) in [6.07, 6.45) is 4.43. The third kappa shape index (κ3) is 4.87. The standard InChI is InChI=1S/C16H20N2O3S/c17-15(20)10-9-13(19)12-7-3-4-8-14(12)22-16(21)18-11-5-1-2-6-11/h3-4,7-8,11H,1-2,5-6,9-10H2,(H2,17,20)(H,18,21). The van der Waals surface area contributed by atoms with Crippen molar-refractivity contribution >= 4 is 28.7 Å². The molecule has 1 saturated carbocycles. The molecule has 5 nitrogen and oxygen atoms in total. The van der Waals surface area contributed by atoms with Gasteiger partial charge >= 0.3 is 0 Å². The molecule has 0 aromatic heterocycles. The molecule has 0 atom stereocenters. The molecule has 0 heterocycles. The normalized spacial score (nSPS) is 14.7. The molecule has 1 aromatic carbocycles. The predicted octanol–water partition coefficient (Wildman–Crippen LogP) is 2.88. The molecule has 0 spiro atoms. The second kappa shape index (κ2) is 7.98. The molecular formula is C16H20N2O3S. The van der Waals surface area contributed by atoms with Crippen LogP contribution in [0.4, 0.5) is 4.79 Å². The minimum atomic E-state index is -0.502. The number of hydrogen-bond acceptors (Lipinski definition) is 4. The van der Waals surface area contributed by atoms with Crippen LogP contribution in [0.3, 0.4) is 0 Å². The average Bonchev–Trinajstić information content (AvgIpc) is 2.98. The number of Topliss-reactive ketones (excluding diaryl/α,β-unsaturated/α-hetero) is 1. The van der Waals surface area contributed by atoms with E-state index >= 15 is 0 Å². The fourth-order valence-corrected chi connectivity index (χ4v) is 3.39. The van der Waals surface area contributed by atoms with Crippen LogP contribution in [0.1, 0.15) is 48.9 Å². The van der Waals surface area contributed by atoms with Crippen molar-refractivity contribution in [1.82, 2.24) is 5.32 Å². The molecule has 22 heavy (non-hydrogen) atoms. The summed E-state index contributed by atoms with van der Waals surface area (Å²) in [6, 6.07) is 7.20. The van der Waals surface area contributed by atoms with Gasteiger partial charge in [0.05, 0.1) is 0 Å². The minimum Gasteiger partial charge on any atom is -0.370 e. The van der Waals surface area contributed by atoms with E-state index in [-0.39, 0.29) is 29.9 Å². The molecule has 1 aliphatic rings. The molecule has 1 aromatic rings. The number of carbonyl (C=O) groups is 3. The van der Waals surface area contributed by atoms with Crippen LogP contribution in [-0.2, 0) is 4.79 Å². The number of carbonyl (C=O) groups excluding carboxylic acids is 3. The highest BCUT2D eigenvalue weighted by atomic mass is 32.2. The summed E-state index contributed by atoms with van der Waals surface area (Å²) in [7, 11) is 0. The molecule has 0 unspecified atom stereocenters. The van der Waals surface area contributed by atoms with Crippen molar-refractivity contribution in [3.05, 3.63) is 29.8 Å². The number of thioether (sulfide) groups is 1. The molecule has 0 saturated heterocycles. The Kier molecular flexibility index (Phi) is 6.00. The van der Waals surface area contributed by atoms with Gasteiger partial charge in [0.2, 0.25) is 5.91 Å². The topological polar surface area (TPSA) is 89.3 Å². The first-order valence-electron chi connectivity index (χ1n) is 7.45. The van der Waals surface area contributed by atoms with Crippen molar-refractivity contribution in [2.45, 2.75) is 49.5 Å². The first-order valence-corrected chi connectivity index (χ1v) is 8.27. The Labute approximate surface area is 134 Å². The monoisotopic (exact) mass is 320 g/mol. The third-order valence-electron chi connectivity index (χ3n) is 3.67. The van der Waals surface area contributed by atoms with Crippen LogP contribution in [0.5, 0.6) is 0 Å². The van der Waals surface area contributed by atoms with Crippen LogP contribution in [0, 0.1) is 0 Å². The largest absolute Gasteiger partial charge is 0.370 e. The first-order chi connectivity index (χ1) is 10.6. The first kappa shape index (κ1) is 16.5. The highest BCUT2D eigenvalue weighted by Crippen LogP contribution is 2.26. The molecule has 1 fully saturated rings. The van der Waals surface area contributed by atoms with E-state index in [4.69, 9.17) is 5.73 Å². The van der Waals surface area contributed by atoms with Crippen molar-refractivity contribution < 1.29 is 14.4 Å². The van der Waals surface area contributed by atoms with Gasteiger partial charge < -0.3 is 11.1 Å². The van der Waals surface area contributed by atoms with E-state index in [9.17, 15) is 14.4 Å². The predicted molar refractivity (Wildman–Crippen MR) is 85.8 cm³/mol. The molecule has 2 rings (SSSR count). The maximum Gasteiger partial charge on any atom is 0.284 e. The maximum atomic E-state index is 12.1. The number of primary amides is 1. The van der Waals surface area contributed by atoms with Crippen LogP contribution in [0.15, 0.2) is 29.2 Å². The zero-order chi connectivity index (χ0) is 15.9. The van der Waals surface area contributed by atoms with Gasteiger partial charge in [-0.05, 0) is 30.7 Å². The van der Waals surface area contributed by atoms with Crippen molar-refractivity contribution in [2.24, 2.45) is 5.73 Å². The molecule has 118 valence electrons. The Hall–Kier alpha value is -1.82. The van der Waals surface area contributed by atoms with Gasteiger partial charge in [0.1, 0.15) is 0 Å². The lowest BCUT2D eigenvalue weighted by atomic mass is 10.1. The maximum absolute atomic E-state index is 12.1. The minimum absolute atomic E-state index is 0.0199. The van der Waals surface area contributed by atoms with E-state index in [2.05, 4.69) is 5.32 Å². The van der Waals surface area contributed by atoms with E-state index in [0.29, 0.717) is 10.5 Å². The number of hydrogen-bond donors (Lipinski definition) is 2. The van der Waals surface area contributed by atoms with Crippen molar-refractivity contribution in [3.8, 4) is 0 Å². The van der Waals surface area contributed by atoms with E-state index < -0.39 is 5.91 Å². The molecule has 3 N–H and O–H groups in total. The summed E-state index contributed by atoms with van der Waals surface area (Å²) < 4.78 is 0. The number of nitrogens with one attached hydrogen (secondary N) is 1. The zero-order valence-electron chi connectivity index (χ0n) is 12.3. The highest BCUT2D eigenvalue weighted by molar-refractivity contribution is 8.13. The molecule has 1 aliphatic carbocycles. The number of benzene rings is 1. The summed E-state index contributed by atoms with van der Waals surface area (Å²) in [5.41, 5.74) is 5.54. The Morgan fingerprint density at radius 1 is 1.14 bits per heavy atom. The Balaban J connectivity index is 1.99. The number of ketones is 1. The Morgan fingerprint density at radius 2 is 1.82 bits per heavy atom. The Morgan fingerprint density at radius 3 is 2.50 bits per heavy atom. The molecule has 6 heteroatoms. The third-order valence-corrected chi connectivity index (χ3v) is 4.54. The van der Waals surface area contributed by atoms with Crippen LogP contribution >= 0.6 is 11.8 Å². The van der Waals surface area contributed by atoms with Crippen LogP contribution in [-0.4, -0.2) is 23.0 Å². The number of amides is 2. The summed E-state index contributed by atoms with van der Waals surface area (Å²) in [5.74, 6) is -0.673. The second-order valence-corrected chi connectivity index (χ2v) is 6.42. The van der Waals surface area contributed by atoms with Crippen molar-refractivity contribution in [3.63, 3.8) is 0 Å². The van der Waals surface area contributed by atoms with Crippen LogP contribution in [0.25, 0.3) is 0 Å². The van der Waals surface area contributed by atoms with Gasteiger partial charge in [0.15, 0.2) is 5.78 Å². The lowest BCUT2D eigenvalue weighted by Crippen LogP contribution is -2.29. The highest BCUT2D eigenvalue weighted by Gasteiger charge is 2.19. The summed E-state index contributed by atoms with van der Waals surface area (Å²) in [4.78, 5) is 35.6. The lowest BCUT2D eigenvalue weighted by Gasteiger charge is -2.12. The lowest BCUT2D eigenvalue weighted by molar-refractivity contribution is -0.118. The van der Waals surface area contributed by atoms with E-state index in [1.165, 1.54) is 0 Å². The number of rotatable bonds is 6. The summed E-state index contributed by atoms with van der Waals surface area (Å²) in [6.45, 7) is 0. The summed E-state index contributed by atoms with van der Waals surface area (Å²) in [5, 5.41) is 2.85. The molecule has 2 amide bonds. The van der Waals surface area contributed by atoms with Gasteiger partial charge in [-0.2, -0.15) is 0 Å².